The number of hydrogen-bond acceptors (Lipinski definition) is 4. The molecule has 2 aromatic rings. The fourth-order valence-electron chi connectivity index (χ4n) is 2.14. The van der Waals surface area contributed by atoms with Crippen LogP contribution in [-0.2, 0) is 30.0 Å². The highest BCUT2D eigenvalue weighted by Crippen LogP contribution is 2.18. The maximum absolute atomic E-state index is 12.2. The third-order valence-electron chi connectivity index (χ3n) is 3.27. The summed E-state index contributed by atoms with van der Waals surface area (Å²) in [6.07, 6.45) is -0.00419. The fourth-order valence-corrected chi connectivity index (χ4v) is 2.14. The smallest absolute Gasteiger partial charge is 0.332 e. The van der Waals surface area contributed by atoms with E-state index >= 15 is 0 Å². The molecule has 0 radical (unpaired) electrons. The van der Waals surface area contributed by atoms with Crippen LogP contribution in [0.5, 0.6) is 0 Å². The molecule has 1 N–H and O–H groups in total. The number of nitrogens with one attached hydrogen (secondary N) is 1. The molecule has 2 rings (SSSR count). The lowest BCUT2D eigenvalue weighted by atomic mass is 10.1. The van der Waals surface area contributed by atoms with Crippen molar-refractivity contribution in [3.8, 4) is 0 Å². The van der Waals surface area contributed by atoms with Gasteiger partial charge in [0.2, 0.25) is 0 Å². The minimum Gasteiger partial charge on any atom is -0.469 e. The SMILES string of the molecule is COC(=O)Cc1c(C)[nH]c2c1c(=O)n(C)c(=O)n2C. The second-order valence-electron chi connectivity index (χ2n) is 4.41. The minimum atomic E-state index is -0.431. The molecule has 0 bridgehead atoms. The van der Waals surface area contributed by atoms with Crippen LogP contribution in [0.3, 0.4) is 0 Å². The maximum atomic E-state index is 12.2. The van der Waals surface area contributed by atoms with Gasteiger partial charge in [-0.1, -0.05) is 0 Å². The van der Waals surface area contributed by atoms with E-state index in [-0.39, 0.29) is 6.42 Å². The molecule has 19 heavy (non-hydrogen) atoms. The summed E-state index contributed by atoms with van der Waals surface area (Å²) < 4.78 is 7.00. The van der Waals surface area contributed by atoms with Gasteiger partial charge in [0.05, 0.1) is 18.9 Å². The van der Waals surface area contributed by atoms with Crippen molar-refractivity contribution in [3.63, 3.8) is 0 Å². The number of methoxy groups -OCH3 is 1. The lowest BCUT2D eigenvalue weighted by molar-refractivity contribution is -0.139. The molecule has 0 saturated carbocycles. The molecule has 0 aliphatic rings. The summed E-state index contributed by atoms with van der Waals surface area (Å²) in [4.78, 5) is 38.4. The van der Waals surface area contributed by atoms with E-state index in [1.165, 1.54) is 18.7 Å². The summed E-state index contributed by atoms with van der Waals surface area (Å²) in [5, 5.41) is 0.354. The minimum absolute atomic E-state index is 0.00419. The number of H-pyrrole nitrogens is 1. The lowest BCUT2D eigenvalue weighted by Gasteiger charge is -2.04. The Bertz CT molecular complexity index is 779. The van der Waals surface area contributed by atoms with Crippen molar-refractivity contribution in [1.82, 2.24) is 14.1 Å². The van der Waals surface area contributed by atoms with Crippen LogP contribution >= 0.6 is 0 Å². The van der Waals surface area contributed by atoms with Gasteiger partial charge in [-0.25, -0.2) is 4.79 Å². The second-order valence-corrected chi connectivity index (χ2v) is 4.41. The Morgan fingerprint density at radius 3 is 2.47 bits per heavy atom. The van der Waals surface area contributed by atoms with Crippen molar-refractivity contribution in [2.45, 2.75) is 13.3 Å². The van der Waals surface area contributed by atoms with Crippen LogP contribution in [0.4, 0.5) is 0 Å². The second kappa shape index (κ2) is 4.42. The Morgan fingerprint density at radius 1 is 1.26 bits per heavy atom. The van der Waals surface area contributed by atoms with Crippen molar-refractivity contribution in [2.24, 2.45) is 14.1 Å². The van der Waals surface area contributed by atoms with E-state index in [0.717, 1.165) is 4.57 Å². The van der Waals surface area contributed by atoms with Gasteiger partial charge in [-0.3, -0.25) is 18.7 Å². The first kappa shape index (κ1) is 13.1. The van der Waals surface area contributed by atoms with Gasteiger partial charge in [0.25, 0.3) is 5.56 Å². The molecule has 0 saturated heterocycles. The summed E-state index contributed by atoms with van der Waals surface area (Å²) in [6, 6.07) is 0. The Labute approximate surface area is 108 Å². The summed E-state index contributed by atoms with van der Waals surface area (Å²) in [5.41, 5.74) is 0.839. The number of ether oxygens (including phenoxy) is 1. The number of fused-ring (bicyclic) bond motifs is 1. The molecule has 7 heteroatoms. The molecular weight excluding hydrogens is 250 g/mol. The Hall–Kier alpha value is -2.31. The topological polar surface area (TPSA) is 86.1 Å². The number of carbonyl (C=O) groups excluding carboxylic acids is 1. The van der Waals surface area contributed by atoms with Crippen LogP contribution < -0.4 is 11.2 Å². The highest BCUT2D eigenvalue weighted by Gasteiger charge is 2.19. The van der Waals surface area contributed by atoms with Crippen LogP contribution in [-0.4, -0.2) is 27.2 Å². The van der Waals surface area contributed by atoms with E-state index in [1.807, 2.05) is 0 Å². The number of aromatic nitrogens is 3. The monoisotopic (exact) mass is 265 g/mol. The van der Waals surface area contributed by atoms with Gasteiger partial charge in [-0.15, -0.1) is 0 Å². The number of nitrogens with zero attached hydrogens (tertiary/aromatic N) is 2. The van der Waals surface area contributed by atoms with E-state index in [2.05, 4.69) is 9.72 Å². The number of rotatable bonds is 2. The highest BCUT2D eigenvalue weighted by molar-refractivity contribution is 5.86. The Balaban J connectivity index is 2.87. The van der Waals surface area contributed by atoms with Gasteiger partial charge in [-0.2, -0.15) is 0 Å². The zero-order valence-electron chi connectivity index (χ0n) is 11.2. The number of aryl methyl sites for hydroxylation is 2. The van der Waals surface area contributed by atoms with Crippen LogP contribution in [0.1, 0.15) is 11.3 Å². The fraction of sp³-hybridized carbons (Fsp3) is 0.417. The molecule has 0 spiro atoms. The van der Waals surface area contributed by atoms with Gasteiger partial charge < -0.3 is 9.72 Å². The van der Waals surface area contributed by atoms with E-state index in [9.17, 15) is 14.4 Å². The van der Waals surface area contributed by atoms with Crippen molar-refractivity contribution in [3.05, 3.63) is 32.1 Å². The first-order valence-electron chi connectivity index (χ1n) is 5.72. The summed E-state index contributed by atoms with van der Waals surface area (Å²) >= 11 is 0. The number of hydrogen-bond donors (Lipinski definition) is 1. The highest BCUT2D eigenvalue weighted by atomic mass is 16.5. The molecule has 0 unspecified atom stereocenters. The summed E-state index contributed by atoms with van der Waals surface area (Å²) in [7, 11) is 4.27. The average molecular weight is 265 g/mol. The molecular formula is C12H15N3O4. The molecule has 0 aliphatic carbocycles. The van der Waals surface area contributed by atoms with Crippen LogP contribution in [0.2, 0.25) is 0 Å². The van der Waals surface area contributed by atoms with E-state index in [4.69, 9.17) is 0 Å². The first-order chi connectivity index (χ1) is 8.88. The van der Waals surface area contributed by atoms with Gasteiger partial charge in [0, 0.05) is 19.8 Å². The van der Waals surface area contributed by atoms with E-state index < -0.39 is 17.2 Å². The van der Waals surface area contributed by atoms with Gasteiger partial charge >= 0.3 is 11.7 Å². The third kappa shape index (κ3) is 1.87. The Morgan fingerprint density at radius 2 is 1.89 bits per heavy atom. The van der Waals surface area contributed by atoms with Crippen molar-refractivity contribution in [2.75, 3.05) is 7.11 Å². The van der Waals surface area contributed by atoms with Crippen LogP contribution in [0.15, 0.2) is 9.59 Å². The standard InChI is InChI=1S/C12H15N3O4/c1-6-7(5-8(16)19-4)9-10(13-6)14(2)12(18)15(3)11(9)17/h13H,5H2,1-4H3. The third-order valence-corrected chi connectivity index (χ3v) is 3.27. The molecule has 0 fully saturated rings. The molecule has 0 aliphatic heterocycles. The van der Waals surface area contributed by atoms with Gasteiger partial charge in [0.1, 0.15) is 5.65 Å². The number of esters is 1. The molecule has 102 valence electrons. The van der Waals surface area contributed by atoms with Crippen LogP contribution in [0.25, 0.3) is 11.0 Å². The molecule has 2 aromatic heterocycles. The van der Waals surface area contributed by atoms with Crippen molar-refractivity contribution in [1.29, 1.82) is 0 Å². The molecule has 2 heterocycles. The Kier molecular flexibility index (Phi) is 3.05. The van der Waals surface area contributed by atoms with Gasteiger partial charge in [-0.05, 0) is 12.5 Å². The maximum Gasteiger partial charge on any atom is 0.332 e. The van der Waals surface area contributed by atoms with Crippen molar-refractivity contribution < 1.29 is 9.53 Å². The molecule has 0 amide bonds. The first-order valence-corrected chi connectivity index (χ1v) is 5.72. The summed E-state index contributed by atoms with van der Waals surface area (Å²) in [5.74, 6) is -0.431. The lowest BCUT2D eigenvalue weighted by Crippen LogP contribution is -2.37. The van der Waals surface area contributed by atoms with Gasteiger partial charge in [0.15, 0.2) is 0 Å². The molecule has 0 atom stereocenters. The van der Waals surface area contributed by atoms with E-state index in [0.29, 0.717) is 22.3 Å². The zero-order valence-corrected chi connectivity index (χ0v) is 11.2. The van der Waals surface area contributed by atoms with E-state index in [1.54, 1.807) is 14.0 Å². The zero-order chi connectivity index (χ0) is 14.3. The predicted molar refractivity (Wildman–Crippen MR) is 69.2 cm³/mol. The largest absolute Gasteiger partial charge is 0.469 e. The molecule has 0 aromatic carbocycles. The normalized spacial score (nSPS) is 10.9. The quantitative estimate of drug-likeness (QED) is 0.748. The summed E-state index contributed by atoms with van der Waals surface area (Å²) in [6.45, 7) is 1.75. The van der Waals surface area contributed by atoms with Crippen molar-refractivity contribution >= 4 is 17.0 Å². The number of carbonyl (C=O) groups is 1. The molecule has 7 nitrogen and oxygen atoms in total. The number of aromatic amines is 1. The average Bonchev–Trinajstić information content (AvgIpc) is 2.71. The van der Waals surface area contributed by atoms with Crippen LogP contribution in [0, 0.1) is 6.92 Å². The predicted octanol–water partition coefficient (Wildman–Crippen LogP) is -0.411.